The number of aliphatic imine (C=N–C) groups is 2. The van der Waals surface area contributed by atoms with Crippen molar-refractivity contribution in [3.05, 3.63) is 18.0 Å². The van der Waals surface area contributed by atoms with Gasteiger partial charge < -0.3 is 10.3 Å². The predicted molar refractivity (Wildman–Crippen MR) is 65.9 cm³/mol. The third-order valence-corrected chi connectivity index (χ3v) is 2.12. The van der Waals surface area contributed by atoms with Gasteiger partial charge in [0.2, 0.25) is 5.96 Å². The monoisotopic (exact) mass is 206 g/mol. The molecule has 0 aliphatic carbocycles. The van der Waals surface area contributed by atoms with Crippen molar-refractivity contribution in [1.29, 1.82) is 0 Å². The molecule has 0 atom stereocenters. The van der Waals surface area contributed by atoms with Crippen molar-refractivity contribution in [2.45, 2.75) is 26.7 Å². The van der Waals surface area contributed by atoms with Crippen molar-refractivity contribution in [3.8, 4) is 0 Å². The summed E-state index contributed by atoms with van der Waals surface area (Å²) in [6.45, 7) is 8.42. The minimum Gasteiger partial charge on any atom is -0.363 e. The van der Waals surface area contributed by atoms with Crippen molar-refractivity contribution < 1.29 is 0 Å². The van der Waals surface area contributed by atoms with Crippen LogP contribution in [0.5, 0.6) is 0 Å². The smallest absolute Gasteiger partial charge is 0.221 e. The molecule has 0 unspecified atom stereocenters. The molecule has 1 heterocycles. The fourth-order valence-corrected chi connectivity index (χ4v) is 1.18. The fraction of sp³-hybridized carbons (Fsp3) is 0.455. The second kappa shape index (κ2) is 6.01. The van der Waals surface area contributed by atoms with Gasteiger partial charge in [-0.05, 0) is 26.1 Å². The van der Waals surface area contributed by atoms with Crippen LogP contribution in [0.25, 0.3) is 0 Å². The normalized spacial score (nSPS) is 11.5. The number of guanidine groups is 1. The number of hydrogen-bond donors (Lipinski definition) is 2. The highest BCUT2D eigenvalue weighted by Gasteiger charge is 2.00. The van der Waals surface area contributed by atoms with Crippen LogP contribution in [-0.2, 0) is 0 Å². The maximum absolute atomic E-state index is 4.31. The Bertz CT molecular complexity index is 338. The van der Waals surface area contributed by atoms with Crippen LogP contribution in [0.4, 0.5) is 5.69 Å². The van der Waals surface area contributed by atoms with E-state index in [1.54, 1.807) is 0 Å². The fourth-order valence-electron chi connectivity index (χ4n) is 1.18. The number of anilines is 1. The molecular formula is C11H18N4. The molecule has 0 bridgehead atoms. The maximum atomic E-state index is 4.31. The van der Waals surface area contributed by atoms with Crippen LogP contribution in [0.3, 0.4) is 0 Å². The summed E-state index contributed by atoms with van der Waals surface area (Å²) >= 11 is 0. The molecule has 0 aliphatic heterocycles. The molecule has 4 heteroatoms. The van der Waals surface area contributed by atoms with Gasteiger partial charge in [-0.25, -0.2) is 4.99 Å². The topological polar surface area (TPSA) is 52.5 Å². The van der Waals surface area contributed by atoms with Crippen LogP contribution in [-0.4, -0.2) is 24.2 Å². The number of H-pyrrole nitrogens is 1. The summed E-state index contributed by atoms with van der Waals surface area (Å²) in [5, 5.41) is 3.13. The molecule has 0 aromatic carbocycles. The molecule has 0 saturated carbocycles. The van der Waals surface area contributed by atoms with Gasteiger partial charge in [-0.1, -0.05) is 13.3 Å². The summed E-state index contributed by atoms with van der Waals surface area (Å²) in [4.78, 5) is 11.2. The summed E-state index contributed by atoms with van der Waals surface area (Å²) in [6.07, 6.45) is 4.09. The van der Waals surface area contributed by atoms with Gasteiger partial charge in [0, 0.05) is 18.4 Å². The number of hydrogen-bond acceptors (Lipinski definition) is 1. The van der Waals surface area contributed by atoms with Crippen LogP contribution in [0.1, 0.15) is 25.5 Å². The van der Waals surface area contributed by atoms with E-state index in [1.807, 2.05) is 19.2 Å². The van der Waals surface area contributed by atoms with Crippen LogP contribution < -0.4 is 5.32 Å². The van der Waals surface area contributed by atoms with Gasteiger partial charge in [-0.2, -0.15) is 0 Å². The highest BCUT2D eigenvalue weighted by atomic mass is 15.1. The second-order valence-corrected chi connectivity index (χ2v) is 3.36. The number of nitrogens with one attached hydrogen (secondary N) is 2. The Hall–Kier alpha value is -1.58. The summed E-state index contributed by atoms with van der Waals surface area (Å²) in [5.41, 5.74) is 2.07. The second-order valence-electron chi connectivity index (χ2n) is 3.36. The lowest BCUT2D eigenvalue weighted by molar-refractivity contribution is 0.807. The Morgan fingerprint density at radius 3 is 2.93 bits per heavy atom. The van der Waals surface area contributed by atoms with Crippen molar-refractivity contribution in [3.63, 3.8) is 0 Å². The van der Waals surface area contributed by atoms with E-state index < -0.39 is 0 Å². The molecule has 1 aromatic heterocycles. The Morgan fingerprint density at radius 1 is 1.60 bits per heavy atom. The minimum atomic E-state index is 0.589. The minimum absolute atomic E-state index is 0.589. The number of aryl methyl sites for hydroxylation is 1. The number of aromatic nitrogens is 1. The van der Waals surface area contributed by atoms with Gasteiger partial charge in [0.25, 0.3) is 0 Å². The van der Waals surface area contributed by atoms with Crippen molar-refractivity contribution >= 4 is 18.4 Å². The summed E-state index contributed by atoms with van der Waals surface area (Å²) in [5.74, 6) is 0.589. The van der Waals surface area contributed by atoms with Crippen molar-refractivity contribution in [2.75, 3.05) is 11.9 Å². The Kier molecular flexibility index (Phi) is 4.60. The van der Waals surface area contributed by atoms with E-state index in [9.17, 15) is 0 Å². The SMILES string of the molecule is C=NC(=NCCCC)Nc1cc[nH]c1C. The van der Waals surface area contributed by atoms with Crippen LogP contribution in [0.15, 0.2) is 22.2 Å². The summed E-state index contributed by atoms with van der Waals surface area (Å²) < 4.78 is 0. The predicted octanol–water partition coefficient (Wildman–Crippen LogP) is 2.59. The Balaban J connectivity index is 2.57. The lowest BCUT2D eigenvalue weighted by Gasteiger charge is -2.04. The average molecular weight is 206 g/mol. The Morgan fingerprint density at radius 2 is 2.40 bits per heavy atom. The molecule has 15 heavy (non-hydrogen) atoms. The molecule has 0 radical (unpaired) electrons. The summed E-state index contributed by atoms with van der Waals surface area (Å²) in [7, 11) is 0. The van der Waals surface area contributed by atoms with Crippen LogP contribution >= 0.6 is 0 Å². The molecule has 0 aliphatic rings. The van der Waals surface area contributed by atoms with Gasteiger partial charge in [-0.3, -0.25) is 4.99 Å². The lowest BCUT2D eigenvalue weighted by Crippen LogP contribution is -2.09. The van der Waals surface area contributed by atoms with E-state index in [2.05, 4.69) is 33.9 Å². The number of rotatable bonds is 4. The highest BCUT2D eigenvalue weighted by Crippen LogP contribution is 2.11. The van der Waals surface area contributed by atoms with E-state index >= 15 is 0 Å². The van der Waals surface area contributed by atoms with E-state index in [-0.39, 0.29) is 0 Å². The maximum Gasteiger partial charge on any atom is 0.221 e. The van der Waals surface area contributed by atoms with Gasteiger partial charge in [0.15, 0.2) is 0 Å². The highest BCUT2D eigenvalue weighted by molar-refractivity contribution is 5.96. The summed E-state index contributed by atoms with van der Waals surface area (Å²) in [6, 6.07) is 1.95. The molecule has 0 amide bonds. The first-order valence-electron chi connectivity index (χ1n) is 5.20. The van der Waals surface area contributed by atoms with E-state index in [1.165, 1.54) is 0 Å². The number of unbranched alkanes of at least 4 members (excludes halogenated alkanes) is 1. The zero-order valence-corrected chi connectivity index (χ0v) is 9.38. The first-order chi connectivity index (χ1) is 7.27. The molecule has 0 fully saturated rings. The molecule has 2 N–H and O–H groups in total. The zero-order chi connectivity index (χ0) is 11.1. The molecule has 82 valence electrons. The Labute approximate surface area is 90.5 Å². The number of aromatic amines is 1. The van der Waals surface area contributed by atoms with Gasteiger partial charge >= 0.3 is 0 Å². The van der Waals surface area contributed by atoms with E-state index in [4.69, 9.17) is 0 Å². The van der Waals surface area contributed by atoms with Crippen molar-refractivity contribution in [1.82, 2.24) is 4.98 Å². The average Bonchev–Trinajstić information content (AvgIpc) is 2.63. The molecule has 1 aromatic rings. The number of nitrogens with zero attached hydrogens (tertiary/aromatic N) is 2. The molecule has 4 nitrogen and oxygen atoms in total. The lowest BCUT2D eigenvalue weighted by atomic mass is 10.3. The zero-order valence-electron chi connectivity index (χ0n) is 9.38. The van der Waals surface area contributed by atoms with Crippen LogP contribution in [0.2, 0.25) is 0 Å². The third kappa shape index (κ3) is 3.58. The van der Waals surface area contributed by atoms with Gasteiger partial charge in [0.1, 0.15) is 0 Å². The largest absolute Gasteiger partial charge is 0.363 e. The molecule has 0 saturated heterocycles. The standard InChI is InChI=1S/C11H18N4/c1-4-5-7-14-11(12-3)15-10-6-8-13-9(10)2/h6,8,13H,3-5,7H2,1-2H3,(H,14,15). The quantitative estimate of drug-likeness (QED) is 0.444. The third-order valence-electron chi connectivity index (χ3n) is 2.12. The molecule has 1 rings (SSSR count). The molecular weight excluding hydrogens is 188 g/mol. The molecule has 0 spiro atoms. The first kappa shape index (κ1) is 11.5. The van der Waals surface area contributed by atoms with E-state index in [0.29, 0.717) is 5.96 Å². The van der Waals surface area contributed by atoms with Crippen molar-refractivity contribution in [2.24, 2.45) is 9.98 Å². The van der Waals surface area contributed by atoms with E-state index in [0.717, 1.165) is 30.8 Å². The van der Waals surface area contributed by atoms with Crippen LogP contribution in [0, 0.1) is 6.92 Å². The van der Waals surface area contributed by atoms with Gasteiger partial charge in [0.05, 0.1) is 5.69 Å². The first-order valence-corrected chi connectivity index (χ1v) is 5.20. The van der Waals surface area contributed by atoms with Gasteiger partial charge in [-0.15, -0.1) is 0 Å².